The molecule has 0 N–H and O–H groups in total. The number of nitrogens with zero attached hydrogens (tertiary/aromatic N) is 3. The molecular formula is C30H25N3O3S2. The quantitative estimate of drug-likeness (QED) is 0.150. The molecular weight excluding hydrogens is 514 g/mol. The largest absolute Gasteiger partial charge is 0.274 e. The van der Waals surface area contributed by atoms with Crippen molar-refractivity contribution in [2.45, 2.75) is 45.4 Å². The van der Waals surface area contributed by atoms with Crippen molar-refractivity contribution in [3.05, 3.63) is 68.6 Å². The average Bonchev–Trinajstić information content (AvgIpc) is 3.67. The zero-order valence-electron chi connectivity index (χ0n) is 21.0. The van der Waals surface area contributed by atoms with E-state index in [1.54, 1.807) is 45.3 Å². The van der Waals surface area contributed by atoms with Gasteiger partial charge in [0.1, 0.15) is 11.2 Å². The zero-order chi connectivity index (χ0) is 26.0. The van der Waals surface area contributed by atoms with Crippen LogP contribution in [-0.2, 0) is 0 Å². The molecule has 1 aliphatic rings. The van der Waals surface area contributed by atoms with Crippen molar-refractivity contribution in [1.29, 1.82) is 0 Å². The third-order valence-corrected chi connectivity index (χ3v) is 9.69. The standard InChI is InChI=1S/C30H25N3O3S2/c1-2-3-4-5-6-7-14-32-28(34)18-11-10-17-23-20(13-12-19(24(18)23)29(32)35)30(36)33-21-16-38-26(22-9-8-15-37-22)25(21)31-27(17)33/h8-13,15-16H,2-7,14H2,1H3. The number of amides is 2. The summed E-state index contributed by atoms with van der Waals surface area (Å²) >= 11 is 3.23. The SMILES string of the molecule is CCCCCCCCN1C(=O)c2ccc3c(=O)n4c5csc(-c6cccs6)c5nc4c4ccc(c2c34)C1=O. The van der Waals surface area contributed by atoms with Crippen LogP contribution in [-0.4, -0.2) is 32.6 Å². The van der Waals surface area contributed by atoms with E-state index >= 15 is 0 Å². The van der Waals surface area contributed by atoms with E-state index in [0.29, 0.717) is 39.5 Å². The molecule has 0 atom stereocenters. The molecule has 6 aromatic rings. The van der Waals surface area contributed by atoms with E-state index in [-0.39, 0.29) is 17.4 Å². The lowest BCUT2D eigenvalue weighted by molar-refractivity contribution is 0.0608. The van der Waals surface area contributed by atoms with Gasteiger partial charge in [-0.05, 0) is 42.1 Å². The zero-order valence-corrected chi connectivity index (χ0v) is 22.6. The summed E-state index contributed by atoms with van der Waals surface area (Å²) < 4.78 is 1.68. The van der Waals surface area contributed by atoms with Crippen molar-refractivity contribution in [1.82, 2.24) is 14.3 Å². The highest BCUT2D eigenvalue weighted by atomic mass is 32.1. The second-order valence-corrected chi connectivity index (χ2v) is 11.8. The van der Waals surface area contributed by atoms with Gasteiger partial charge in [-0.3, -0.25) is 23.7 Å². The van der Waals surface area contributed by atoms with Gasteiger partial charge in [-0.2, -0.15) is 0 Å². The van der Waals surface area contributed by atoms with Crippen LogP contribution in [0.1, 0.15) is 66.2 Å². The number of unbranched alkanes of at least 4 members (excludes halogenated alkanes) is 5. The molecule has 190 valence electrons. The lowest BCUT2D eigenvalue weighted by Crippen LogP contribution is -2.41. The monoisotopic (exact) mass is 539 g/mol. The number of imidazole rings is 1. The Morgan fingerprint density at radius 1 is 0.816 bits per heavy atom. The molecule has 0 aliphatic carbocycles. The topological polar surface area (TPSA) is 71.8 Å². The van der Waals surface area contributed by atoms with Crippen LogP contribution in [0.4, 0.5) is 0 Å². The molecule has 1 aliphatic heterocycles. The van der Waals surface area contributed by atoms with Crippen LogP contribution in [0.3, 0.4) is 0 Å². The highest BCUT2D eigenvalue weighted by Gasteiger charge is 2.34. The highest BCUT2D eigenvalue weighted by Crippen LogP contribution is 2.40. The van der Waals surface area contributed by atoms with E-state index in [2.05, 4.69) is 13.0 Å². The first-order chi connectivity index (χ1) is 18.6. The van der Waals surface area contributed by atoms with E-state index in [0.717, 1.165) is 45.4 Å². The maximum Gasteiger partial charge on any atom is 0.264 e. The Labute approximate surface area is 226 Å². The average molecular weight is 540 g/mol. The van der Waals surface area contributed by atoms with Crippen molar-refractivity contribution in [3.63, 3.8) is 0 Å². The van der Waals surface area contributed by atoms with Crippen molar-refractivity contribution in [2.24, 2.45) is 0 Å². The van der Waals surface area contributed by atoms with Crippen LogP contribution >= 0.6 is 22.7 Å². The molecule has 7 rings (SSSR count). The minimum absolute atomic E-state index is 0.177. The molecule has 2 amide bonds. The number of hydrogen-bond acceptors (Lipinski definition) is 6. The molecule has 5 heterocycles. The van der Waals surface area contributed by atoms with Gasteiger partial charge >= 0.3 is 0 Å². The van der Waals surface area contributed by atoms with Crippen molar-refractivity contribution in [3.8, 4) is 9.75 Å². The minimum Gasteiger partial charge on any atom is -0.274 e. The molecule has 0 saturated carbocycles. The summed E-state index contributed by atoms with van der Waals surface area (Å²) in [6.07, 6.45) is 6.50. The normalized spacial score (nSPS) is 13.8. The molecule has 6 nitrogen and oxygen atoms in total. The Kier molecular flexibility index (Phi) is 5.56. The Morgan fingerprint density at radius 2 is 1.55 bits per heavy atom. The number of benzene rings is 2. The van der Waals surface area contributed by atoms with Gasteiger partial charge in [0.05, 0.1) is 10.4 Å². The van der Waals surface area contributed by atoms with E-state index in [4.69, 9.17) is 4.98 Å². The third-order valence-electron chi connectivity index (χ3n) is 7.68. The van der Waals surface area contributed by atoms with Crippen LogP contribution in [0.5, 0.6) is 0 Å². The number of carbonyl (C=O) groups excluding carboxylic acids is 2. The summed E-state index contributed by atoms with van der Waals surface area (Å²) in [7, 11) is 0. The summed E-state index contributed by atoms with van der Waals surface area (Å²) in [5.74, 6) is -0.552. The lowest BCUT2D eigenvalue weighted by Gasteiger charge is -2.28. The van der Waals surface area contributed by atoms with Gasteiger partial charge in [0.2, 0.25) is 0 Å². The first kappa shape index (κ1) is 23.5. The van der Waals surface area contributed by atoms with Crippen LogP contribution < -0.4 is 5.56 Å². The second-order valence-electron chi connectivity index (χ2n) is 9.95. The van der Waals surface area contributed by atoms with Gasteiger partial charge in [0, 0.05) is 49.5 Å². The molecule has 0 unspecified atom stereocenters. The van der Waals surface area contributed by atoms with Crippen LogP contribution in [0.2, 0.25) is 0 Å². The summed E-state index contributed by atoms with van der Waals surface area (Å²) in [5.41, 5.74) is 2.95. The van der Waals surface area contributed by atoms with Crippen molar-refractivity contribution in [2.75, 3.05) is 6.54 Å². The van der Waals surface area contributed by atoms with Gasteiger partial charge in [0.25, 0.3) is 17.4 Å². The van der Waals surface area contributed by atoms with Gasteiger partial charge in [0.15, 0.2) is 0 Å². The van der Waals surface area contributed by atoms with Crippen molar-refractivity contribution < 1.29 is 9.59 Å². The smallest absolute Gasteiger partial charge is 0.264 e. The predicted molar refractivity (Wildman–Crippen MR) is 155 cm³/mol. The van der Waals surface area contributed by atoms with Crippen LogP contribution in [0.15, 0.2) is 52.0 Å². The minimum atomic E-state index is -0.276. The van der Waals surface area contributed by atoms with Crippen LogP contribution in [0, 0.1) is 0 Å². The van der Waals surface area contributed by atoms with E-state index in [1.165, 1.54) is 24.2 Å². The fourth-order valence-electron chi connectivity index (χ4n) is 5.82. The number of imide groups is 1. The fraction of sp³-hybridized carbons (Fsp3) is 0.267. The number of aromatic nitrogens is 2. The fourth-order valence-corrected chi connectivity index (χ4v) is 7.67. The number of carbonyl (C=O) groups is 2. The highest BCUT2D eigenvalue weighted by molar-refractivity contribution is 7.21. The summed E-state index contributed by atoms with van der Waals surface area (Å²) in [4.78, 5) is 49.3. The number of pyridine rings is 1. The molecule has 2 aromatic carbocycles. The summed E-state index contributed by atoms with van der Waals surface area (Å²) in [6, 6.07) is 11.2. The Bertz CT molecular complexity index is 1910. The second kappa shape index (κ2) is 8.99. The Balaban J connectivity index is 1.37. The summed E-state index contributed by atoms with van der Waals surface area (Å²) in [5, 5.41) is 6.54. The van der Waals surface area contributed by atoms with E-state index in [1.807, 2.05) is 22.9 Å². The first-order valence-electron chi connectivity index (χ1n) is 13.1. The predicted octanol–water partition coefficient (Wildman–Crippen LogP) is 7.34. The molecule has 0 bridgehead atoms. The number of rotatable bonds is 8. The summed E-state index contributed by atoms with van der Waals surface area (Å²) in [6.45, 7) is 2.60. The Morgan fingerprint density at radius 3 is 2.29 bits per heavy atom. The maximum atomic E-state index is 13.8. The molecule has 0 spiro atoms. The van der Waals surface area contributed by atoms with Crippen LogP contribution in [0.25, 0.3) is 48.0 Å². The van der Waals surface area contributed by atoms with E-state index < -0.39 is 0 Å². The molecule has 0 fully saturated rings. The molecule has 8 heteroatoms. The maximum absolute atomic E-state index is 13.8. The van der Waals surface area contributed by atoms with Gasteiger partial charge in [-0.25, -0.2) is 4.98 Å². The number of thiophene rings is 2. The van der Waals surface area contributed by atoms with Gasteiger partial charge < -0.3 is 0 Å². The Hall–Kier alpha value is -3.62. The molecule has 0 radical (unpaired) electrons. The lowest BCUT2D eigenvalue weighted by atomic mass is 9.90. The molecule has 4 aromatic heterocycles. The van der Waals surface area contributed by atoms with Gasteiger partial charge in [-0.1, -0.05) is 45.1 Å². The van der Waals surface area contributed by atoms with Crippen molar-refractivity contribution >= 4 is 72.7 Å². The molecule has 0 saturated heterocycles. The molecule has 38 heavy (non-hydrogen) atoms. The number of fused-ring (bicyclic) bond motifs is 4. The number of hydrogen-bond donors (Lipinski definition) is 0. The van der Waals surface area contributed by atoms with E-state index in [9.17, 15) is 14.4 Å². The van der Waals surface area contributed by atoms with Gasteiger partial charge in [-0.15, -0.1) is 22.7 Å². The first-order valence-corrected chi connectivity index (χ1v) is 14.9. The third kappa shape index (κ3) is 3.29.